The molecule has 1 saturated heterocycles. The molecule has 1 aliphatic rings. The van der Waals surface area contributed by atoms with E-state index in [0.29, 0.717) is 0 Å². The molecule has 1 fully saturated rings. The first-order valence-electron chi connectivity index (χ1n) is 8.07. The Morgan fingerprint density at radius 2 is 1.94 bits per heavy atom. The monoisotopic (exact) mass is 502 g/mol. The lowest BCUT2D eigenvalue weighted by Gasteiger charge is -2.37. The SMILES string of the molecule is Nc1nc2c(ccn2C2CC(O)C(COP(=O)([O-])OP(=O)([O-])OP(=O)([O-])[O-])O2)c(=O)[nH]1. The summed E-state index contributed by atoms with van der Waals surface area (Å²) in [7, 11) is -17.9. The number of nitrogen functional groups attached to an aromatic ring is 1. The number of nitrogens with zero attached hydrogens (tertiary/aromatic N) is 2. The number of anilines is 1. The van der Waals surface area contributed by atoms with Crippen molar-refractivity contribution in [1.82, 2.24) is 14.5 Å². The van der Waals surface area contributed by atoms with Gasteiger partial charge in [0, 0.05) is 12.6 Å². The molecule has 5 atom stereocenters. The zero-order chi connectivity index (χ0) is 23.2. The van der Waals surface area contributed by atoms with Gasteiger partial charge in [-0.25, -0.2) is 4.31 Å². The van der Waals surface area contributed by atoms with Crippen LogP contribution in [0.3, 0.4) is 0 Å². The maximum Gasteiger partial charge on any atom is 0.278 e. The lowest BCUT2D eigenvalue weighted by molar-refractivity contribution is -0.339. The molecule has 3 rings (SSSR count). The number of hydrogen-bond donors (Lipinski definition) is 3. The van der Waals surface area contributed by atoms with Crippen LogP contribution >= 0.6 is 23.5 Å². The normalized spacial score (nSPS) is 26.0. The number of H-pyrrole nitrogens is 1. The first-order valence-corrected chi connectivity index (χ1v) is 12.5. The van der Waals surface area contributed by atoms with E-state index in [4.69, 9.17) is 10.5 Å². The average Bonchev–Trinajstić information content (AvgIpc) is 3.13. The molecule has 20 heteroatoms. The molecule has 0 saturated carbocycles. The Hall–Kier alpha value is -1.45. The molecule has 0 spiro atoms. The Morgan fingerprint density at radius 1 is 1.26 bits per heavy atom. The molecular weight excluding hydrogens is 489 g/mol. The molecule has 3 heterocycles. The quantitative estimate of drug-likeness (QED) is 0.299. The van der Waals surface area contributed by atoms with Crippen molar-refractivity contribution in [3.05, 3.63) is 22.6 Å². The first kappa shape index (κ1) is 24.2. The van der Waals surface area contributed by atoms with E-state index >= 15 is 0 Å². The van der Waals surface area contributed by atoms with Crippen LogP contribution in [0.25, 0.3) is 11.0 Å². The second-order valence-electron chi connectivity index (χ2n) is 6.14. The minimum atomic E-state index is -6.11. The number of aliphatic hydroxyl groups is 1. The predicted octanol–water partition coefficient (Wildman–Crippen LogP) is -3.23. The smallest absolute Gasteiger partial charge is 0.278 e. The summed E-state index contributed by atoms with van der Waals surface area (Å²) >= 11 is 0. The lowest BCUT2D eigenvalue weighted by atomic mass is 10.2. The zero-order valence-electron chi connectivity index (χ0n) is 15.0. The minimum absolute atomic E-state index is 0.102. The molecule has 0 aliphatic carbocycles. The number of aromatic nitrogens is 3. The highest BCUT2D eigenvalue weighted by atomic mass is 31.3. The van der Waals surface area contributed by atoms with Crippen LogP contribution < -0.4 is 30.9 Å². The van der Waals surface area contributed by atoms with E-state index in [1.165, 1.54) is 16.8 Å². The number of rotatable bonds is 8. The van der Waals surface area contributed by atoms with Gasteiger partial charge in [-0.1, -0.05) is 0 Å². The molecule has 0 aromatic carbocycles. The predicted molar refractivity (Wildman–Crippen MR) is 90.2 cm³/mol. The molecule has 5 unspecified atom stereocenters. The van der Waals surface area contributed by atoms with Crippen LogP contribution in [0.5, 0.6) is 0 Å². The Kier molecular flexibility index (Phi) is 6.62. The number of nitrogens with two attached hydrogens (primary N) is 1. The Bertz CT molecular complexity index is 1170. The fourth-order valence-corrected chi connectivity index (χ4v) is 5.64. The molecule has 0 radical (unpaired) electrons. The van der Waals surface area contributed by atoms with Gasteiger partial charge in [0.2, 0.25) is 5.95 Å². The molecule has 31 heavy (non-hydrogen) atoms. The van der Waals surface area contributed by atoms with Crippen molar-refractivity contribution in [3.8, 4) is 0 Å². The molecule has 0 bridgehead atoms. The van der Waals surface area contributed by atoms with E-state index in [1.54, 1.807) is 0 Å². The average molecular weight is 502 g/mol. The molecule has 4 N–H and O–H groups in total. The minimum Gasteiger partial charge on any atom is -0.790 e. The van der Waals surface area contributed by atoms with Crippen LogP contribution in [-0.4, -0.2) is 38.5 Å². The Labute approximate surface area is 171 Å². The van der Waals surface area contributed by atoms with Crippen molar-refractivity contribution in [2.45, 2.75) is 24.9 Å². The maximum atomic E-state index is 11.9. The Balaban J connectivity index is 1.67. The number of fused-ring (bicyclic) bond motifs is 1. The topological polar surface area (TPSA) is 277 Å². The second-order valence-corrected chi connectivity index (χ2v) is 10.4. The molecule has 174 valence electrons. The summed E-state index contributed by atoms with van der Waals surface area (Å²) in [5.41, 5.74) is 5.11. The highest BCUT2D eigenvalue weighted by Gasteiger charge is 2.37. The van der Waals surface area contributed by atoms with Gasteiger partial charge < -0.3 is 48.8 Å². The lowest BCUT2D eigenvalue weighted by Crippen LogP contribution is -2.27. The Morgan fingerprint density at radius 3 is 2.58 bits per heavy atom. The second kappa shape index (κ2) is 8.48. The van der Waals surface area contributed by atoms with Crippen LogP contribution in [-0.2, 0) is 31.6 Å². The number of aromatic amines is 1. The van der Waals surface area contributed by atoms with Gasteiger partial charge in [0.1, 0.15) is 12.3 Å². The molecule has 0 amide bonds. The van der Waals surface area contributed by atoms with Gasteiger partial charge in [0.05, 0.1) is 25.9 Å². The summed E-state index contributed by atoms with van der Waals surface area (Å²) in [6.45, 7) is -0.944. The third kappa shape index (κ3) is 6.08. The van der Waals surface area contributed by atoms with Gasteiger partial charge >= 0.3 is 0 Å². The van der Waals surface area contributed by atoms with Crippen molar-refractivity contribution < 1.29 is 56.3 Å². The molecule has 17 nitrogen and oxygen atoms in total. The summed E-state index contributed by atoms with van der Waals surface area (Å²) in [5, 5.41) is 10.3. The van der Waals surface area contributed by atoms with Crippen molar-refractivity contribution >= 4 is 40.4 Å². The highest BCUT2D eigenvalue weighted by molar-refractivity contribution is 7.64. The summed E-state index contributed by atoms with van der Waals surface area (Å²) in [4.78, 5) is 61.5. The fourth-order valence-electron chi connectivity index (χ4n) is 2.78. The van der Waals surface area contributed by atoms with Crippen molar-refractivity contribution in [3.63, 3.8) is 0 Å². The van der Waals surface area contributed by atoms with Crippen LogP contribution in [0.15, 0.2) is 17.1 Å². The van der Waals surface area contributed by atoms with Gasteiger partial charge in [-0.2, -0.15) is 4.98 Å². The molecule has 2 aromatic heterocycles. The zero-order valence-corrected chi connectivity index (χ0v) is 17.6. The summed E-state index contributed by atoms with van der Waals surface area (Å²) in [5.74, 6) is -0.176. The van der Waals surface area contributed by atoms with Crippen LogP contribution in [0, 0.1) is 0 Å². The van der Waals surface area contributed by atoms with Crippen molar-refractivity contribution in [2.75, 3.05) is 12.3 Å². The van der Waals surface area contributed by atoms with Gasteiger partial charge in [-0.3, -0.25) is 23.2 Å². The van der Waals surface area contributed by atoms with Gasteiger partial charge in [-0.05, 0) is 6.07 Å². The molecule has 2 aromatic rings. The van der Waals surface area contributed by atoms with Crippen LogP contribution in [0.1, 0.15) is 12.6 Å². The largest absolute Gasteiger partial charge is 0.790 e. The number of aliphatic hydroxyl groups excluding tert-OH is 1. The van der Waals surface area contributed by atoms with E-state index < -0.39 is 54.1 Å². The van der Waals surface area contributed by atoms with E-state index in [0.717, 1.165) is 0 Å². The maximum absolute atomic E-state index is 11.9. The standard InChI is InChI=1S/C11H17N4O13P3/c12-11-13-9-5(10(17)14-11)1-2-15(9)8-3-6(16)7(26-8)4-25-30(21,22)28-31(23,24)27-29(18,19)20/h1-2,6-8,16H,3-4H2,(H,21,22)(H,23,24)(H2,18,19,20)(H3,12,13,14,17)/p-4. The first-order chi connectivity index (χ1) is 14.2. The number of ether oxygens (including phenoxy) is 1. The third-order valence-corrected chi connectivity index (χ3v) is 7.58. The highest BCUT2D eigenvalue weighted by Crippen LogP contribution is 2.60. The van der Waals surface area contributed by atoms with Gasteiger partial charge in [0.25, 0.3) is 21.2 Å². The number of hydrogen-bond acceptors (Lipinski definition) is 15. The van der Waals surface area contributed by atoms with Crippen molar-refractivity contribution in [2.24, 2.45) is 0 Å². The van der Waals surface area contributed by atoms with Crippen molar-refractivity contribution in [1.29, 1.82) is 0 Å². The van der Waals surface area contributed by atoms with Gasteiger partial charge in [-0.15, -0.1) is 0 Å². The van der Waals surface area contributed by atoms with E-state index in [-0.39, 0.29) is 23.4 Å². The van der Waals surface area contributed by atoms with E-state index in [1.807, 2.05) is 0 Å². The van der Waals surface area contributed by atoms with Crippen LogP contribution in [0.2, 0.25) is 0 Å². The number of phosphoric ester groups is 1. The summed E-state index contributed by atoms with van der Waals surface area (Å²) in [6, 6.07) is 1.41. The third-order valence-electron chi connectivity index (χ3n) is 3.91. The van der Waals surface area contributed by atoms with E-state index in [9.17, 15) is 43.2 Å². The van der Waals surface area contributed by atoms with E-state index in [2.05, 4.69) is 23.1 Å². The van der Waals surface area contributed by atoms with Gasteiger partial charge in [0.15, 0.2) is 5.65 Å². The number of phosphoric acid groups is 3. The fraction of sp³-hybridized carbons (Fsp3) is 0.455. The summed E-state index contributed by atoms with van der Waals surface area (Å²) < 4.78 is 50.6. The molecule has 1 aliphatic heterocycles. The molecular formula is C11H13N4O13P3-4. The van der Waals surface area contributed by atoms with Crippen LogP contribution in [0.4, 0.5) is 5.95 Å². The summed E-state index contributed by atoms with van der Waals surface area (Å²) in [6.07, 6.45) is -2.23. The number of nitrogens with one attached hydrogen (secondary N) is 1.